The van der Waals surface area contributed by atoms with Crippen molar-refractivity contribution in [2.75, 3.05) is 13.7 Å². The zero-order valence-electron chi connectivity index (χ0n) is 9.61. The second-order valence-electron chi connectivity index (χ2n) is 3.63. The van der Waals surface area contributed by atoms with E-state index in [1.165, 1.54) is 0 Å². The second-order valence-corrected chi connectivity index (χ2v) is 5.27. The lowest BCUT2D eigenvalue weighted by molar-refractivity contribution is 0.187. The number of ether oxygens (including phenoxy) is 1. The first kappa shape index (κ1) is 13.7. The van der Waals surface area contributed by atoms with Crippen molar-refractivity contribution in [1.82, 2.24) is 14.8 Å². The molecule has 0 fully saturated rings. The number of methoxy groups -OCH3 is 1. The second kappa shape index (κ2) is 5.97. The fourth-order valence-electron chi connectivity index (χ4n) is 1.56. The molecule has 7 heteroatoms. The fraction of sp³-hybridized carbons (Fsp3) is 0.273. The Morgan fingerprint density at radius 2 is 2.33 bits per heavy atom. The molecule has 2 aromatic rings. The van der Waals surface area contributed by atoms with Crippen molar-refractivity contribution in [3.63, 3.8) is 0 Å². The van der Waals surface area contributed by atoms with Crippen LogP contribution in [0.1, 0.15) is 0 Å². The molecule has 0 aliphatic heterocycles. The van der Waals surface area contributed by atoms with Gasteiger partial charge in [0.2, 0.25) is 0 Å². The Hall–Kier alpha value is -0.690. The molecule has 1 aromatic carbocycles. The summed E-state index contributed by atoms with van der Waals surface area (Å²) >= 11 is 14.6. The van der Waals surface area contributed by atoms with Crippen molar-refractivity contribution in [2.45, 2.75) is 6.54 Å². The summed E-state index contributed by atoms with van der Waals surface area (Å²) in [6.45, 7) is 1.23. The minimum absolute atomic E-state index is 0.577. The van der Waals surface area contributed by atoms with Gasteiger partial charge in [-0.1, -0.05) is 11.6 Å². The van der Waals surface area contributed by atoms with Crippen LogP contribution in [0.15, 0.2) is 22.7 Å². The minimum atomic E-state index is 0.577. The summed E-state index contributed by atoms with van der Waals surface area (Å²) in [6.07, 6.45) is 0. The van der Waals surface area contributed by atoms with Gasteiger partial charge in [-0.15, -0.1) is 0 Å². The van der Waals surface area contributed by atoms with Crippen molar-refractivity contribution in [3.8, 4) is 11.4 Å². The van der Waals surface area contributed by atoms with Gasteiger partial charge in [0.15, 0.2) is 10.6 Å². The smallest absolute Gasteiger partial charge is 0.195 e. The van der Waals surface area contributed by atoms with Crippen molar-refractivity contribution in [1.29, 1.82) is 0 Å². The van der Waals surface area contributed by atoms with Gasteiger partial charge in [0.1, 0.15) is 0 Å². The first-order chi connectivity index (χ1) is 8.63. The number of H-pyrrole nitrogens is 1. The number of rotatable bonds is 4. The van der Waals surface area contributed by atoms with E-state index >= 15 is 0 Å². The Kier molecular flexibility index (Phi) is 4.55. The summed E-state index contributed by atoms with van der Waals surface area (Å²) in [4.78, 5) is 0. The third kappa shape index (κ3) is 2.83. The standard InChI is InChI=1S/C11H11BrClN3OS/c1-17-5-4-16-10(14-15-11(16)18)7-2-3-9(13)8(12)6-7/h2-3,6H,4-5H2,1H3,(H,15,18). The summed E-state index contributed by atoms with van der Waals surface area (Å²) < 4.78 is 8.37. The van der Waals surface area contributed by atoms with Crippen LogP contribution in [-0.4, -0.2) is 28.5 Å². The van der Waals surface area contributed by atoms with Crippen LogP contribution < -0.4 is 0 Å². The first-order valence-corrected chi connectivity index (χ1v) is 6.81. The highest BCUT2D eigenvalue weighted by Crippen LogP contribution is 2.27. The quantitative estimate of drug-likeness (QED) is 0.857. The zero-order chi connectivity index (χ0) is 13.1. The minimum Gasteiger partial charge on any atom is -0.383 e. The number of halogens is 2. The van der Waals surface area contributed by atoms with E-state index in [9.17, 15) is 0 Å². The highest BCUT2D eigenvalue weighted by molar-refractivity contribution is 9.10. The molecular formula is C11H11BrClN3OS. The fourth-order valence-corrected chi connectivity index (χ4v) is 2.28. The SMILES string of the molecule is COCCn1c(-c2ccc(Cl)c(Br)c2)n[nH]c1=S. The Balaban J connectivity index is 2.43. The molecule has 1 aromatic heterocycles. The van der Waals surface area contributed by atoms with E-state index in [1.54, 1.807) is 7.11 Å². The highest BCUT2D eigenvalue weighted by atomic mass is 79.9. The summed E-state index contributed by atoms with van der Waals surface area (Å²) in [5.74, 6) is 0.773. The molecule has 1 N–H and O–H groups in total. The molecule has 0 unspecified atom stereocenters. The molecular weight excluding hydrogens is 338 g/mol. The van der Waals surface area contributed by atoms with Crippen molar-refractivity contribution >= 4 is 39.7 Å². The molecule has 0 radical (unpaired) electrons. The molecule has 1 heterocycles. The summed E-state index contributed by atoms with van der Waals surface area (Å²) in [7, 11) is 1.66. The largest absolute Gasteiger partial charge is 0.383 e. The topological polar surface area (TPSA) is 42.8 Å². The van der Waals surface area contributed by atoms with Crippen molar-refractivity contribution in [3.05, 3.63) is 32.5 Å². The number of hydrogen-bond donors (Lipinski definition) is 1. The van der Waals surface area contributed by atoms with Gasteiger partial charge in [0.05, 0.1) is 18.2 Å². The first-order valence-electron chi connectivity index (χ1n) is 5.23. The highest BCUT2D eigenvalue weighted by Gasteiger charge is 2.10. The van der Waals surface area contributed by atoms with Gasteiger partial charge in [-0.3, -0.25) is 9.67 Å². The van der Waals surface area contributed by atoms with Crippen LogP contribution >= 0.6 is 39.7 Å². The maximum Gasteiger partial charge on any atom is 0.195 e. The molecule has 0 saturated heterocycles. The predicted octanol–water partition coefficient (Wildman–Crippen LogP) is 3.67. The van der Waals surface area contributed by atoms with Gasteiger partial charge >= 0.3 is 0 Å². The summed E-state index contributed by atoms with van der Waals surface area (Å²) in [6, 6.07) is 5.64. The van der Waals surface area contributed by atoms with E-state index < -0.39 is 0 Å². The maximum atomic E-state index is 5.97. The van der Waals surface area contributed by atoms with Gasteiger partial charge < -0.3 is 4.74 Å². The van der Waals surface area contributed by atoms with E-state index in [0.717, 1.165) is 15.9 Å². The lowest BCUT2D eigenvalue weighted by Gasteiger charge is -2.07. The van der Waals surface area contributed by atoms with Crippen LogP contribution in [0.3, 0.4) is 0 Å². The molecule has 0 aliphatic rings. The lowest BCUT2D eigenvalue weighted by Crippen LogP contribution is -2.06. The van der Waals surface area contributed by atoms with Crippen LogP contribution in [0.25, 0.3) is 11.4 Å². The molecule has 4 nitrogen and oxygen atoms in total. The molecule has 0 aliphatic carbocycles. The van der Waals surface area contributed by atoms with E-state index in [0.29, 0.717) is 22.9 Å². The lowest BCUT2D eigenvalue weighted by atomic mass is 10.2. The summed E-state index contributed by atoms with van der Waals surface area (Å²) in [5.41, 5.74) is 0.940. The van der Waals surface area contributed by atoms with Gasteiger partial charge in [-0.25, -0.2) is 0 Å². The third-order valence-electron chi connectivity index (χ3n) is 2.46. The van der Waals surface area contributed by atoms with E-state index in [4.69, 9.17) is 28.6 Å². The Morgan fingerprint density at radius 1 is 1.56 bits per heavy atom. The third-order valence-corrected chi connectivity index (χ3v) is 3.98. The molecule has 96 valence electrons. The zero-order valence-corrected chi connectivity index (χ0v) is 12.8. The molecule has 18 heavy (non-hydrogen) atoms. The van der Waals surface area contributed by atoms with Crippen LogP contribution in [0.5, 0.6) is 0 Å². The average Bonchev–Trinajstić information content (AvgIpc) is 2.72. The van der Waals surface area contributed by atoms with Crippen LogP contribution in [0, 0.1) is 4.77 Å². The number of nitrogens with zero attached hydrogens (tertiary/aromatic N) is 2. The van der Waals surface area contributed by atoms with E-state index in [1.807, 2.05) is 22.8 Å². The van der Waals surface area contributed by atoms with Crippen LogP contribution in [0.4, 0.5) is 0 Å². The molecule has 0 atom stereocenters. The number of benzene rings is 1. The monoisotopic (exact) mass is 347 g/mol. The normalized spacial score (nSPS) is 10.8. The Bertz CT molecular complexity index is 611. The molecule has 0 spiro atoms. The van der Waals surface area contributed by atoms with Crippen LogP contribution in [-0.2, 0) is 11.3 Å². The number of nitrogens with one attached hydrogen (secondary N) is 1. The number of aromatic nitrogens is 3. The molecule has 2 rings (SSSR count). The number of hydrogen-bond acceptors (Lipinski definition) is 3. The van der Waals surface area contributed by atoms with E-state index in [2.05, 4.69) is 26.1 Å². The van der Waals surface area contributed by atoms with Crippen molar-refractivity contribution in [2.24, 2.45) is 0 Å². The Morgan fingerprint density at radius 3 is 3.00 bits per heavy atom. The molecule has 0 saturated carbocycles. The van der Waals surface area contributed by atoms with Gasteiger partial charge in [-0.05, 0) is 46.3 Å². The van der Waals surface area contributed by atoms with Gasteiger partial charge in [0, 0.05) is 17.1 Å². The predicted molar refractivity (Wildman–Crippen MR) is 77.4 cm³/mol. The molecule has 0 amide bonds. The summed E-state index contributed by atoms with van der Waals surface area (Å²) in [5, 5.41) is 7.69. The van der Waals surface area contributed by atoms with Gasteiger partial charge in [-0.2, -0.15) is 5.10 Å². The maximum absolute atomic E-state index is 5.97. The molecule has 0 bridgehead atoms. The van der Waals surface area contributed by atoms with Crippen molar-refractivity contribution < 1.29 is 4.74 Å². The Labute approximate surface area is 123 Å². The van der Waals surface area contributed by atoms with Crippen LogP contribution in [0.2, 0.25) is 5.02 Å². The van der Waals surface area contributed by atoms with E-state index in [-0.39, 0.29) is 0 Å². The number of aromatic amines is 1. The van der Waals surface area contributed by atoms with Gasteiger partial charge in [0.25, 0.3) is 0 Å². The average molecular weight is 349 g/mol.